The van der Waals surface area contributed by atoms with Crippen molar-refractivity contribution in [3.63, 3.8) is 0 Å². The van der Waals surface area contributed by atoms with Gasteiger partial charge in [0.25, 0.3) is 0 Å². The zero-order valence-electron chi connectivity index (χ0n) is 25.5. The van der Waals surface area contributed by atoms with Gasteiger partial charge in [0.2, 0.25) is 16.9 Å². The zero-order valence-corrected chi connectivity index (χ0v) is 26.3. The van der Waals surface area contributed by atoms with Crippen LogP contribution in [0.3, 0.4) is 0 Å². The van der Waals surface area contributed by atoms with Crippen molar-refractivity contribution in [3.8, 4) is 11.2 Å². The number of para-hydroxylation sites is 1. The molecule has 1 aromatic carbocycles. The number of carbonyl (C=O) groups excluding carboxylic acids is 1. The van der Waals surface area contributed by atoms with Gasteiger partial charge in [-0.25, -0.2) is 14.5 Å². The molecule has 0 aliphatic carbocycles. The number of fused-ring (bicyclic) bond motifs is 1. The Labute approximate surface area is 264 Å². The van der Waals surface area contributed by atoms with Gasteiger partial charge < -0.3 is 30.2 Å². The fourth-order valence-electron chi connectivity index (χ4n) is 3.99. The molecule has 3 heterocycles. The molecule has 0 saturated heterocycles. The number of methoxy groups -OCH3 is 2. The van der Waals surface area contributed by atoms with Crippen LogP contribution in [0.15, 0.2) is 53.3 Å². The number of nitriles is 1. The Kier molecular flexibility index (Phi) is 11.8. The van der Waals surface area contributed by atoms with Crippen LogP contribution in [0.4, 0.5) is 29.1 Å². The molecule has 0 bridgehead atoms. The van der Waals surface area contributed by atoms with Crippen molar-refractivity contribution < 1.29 is 19.0 Å². The number of nitrogens with zero attached hydrogens (tertiary/aromatic N) is 8. The van der Waals surface area contributed by atoms with E-state index in [1.165, 1.54) is 16.0 Å². The summed E-state index contributed by atoms with van der Waals surface area (Å²) < 4.78 is 18.2. The summed E-state index contributed by atoms with van der Waals surface area (Å²) in [5.41, 5.74) is 1.35. The van der Waals surface area contributed by atoms with Gasteiger partial charge in [-0.3, -0.25) is 0 Å². The highest BCUT2D eigenvalue weighted by molar-refractivity contribution is 7.20. The maximum absolute atomic E-state index is 11.5. The molecule has 0 amide bonds. The van der Waals surface area contributed by atoms with Crippen LogP contribution in [0.2, 0.25) is 0 Å². The molecule has 45 heavy (non-hydrogen) atoms. The number of azo groups is 1. The third-order valence-electron chi connectivity index (χ3n) is 6.06. The summed E-state index contributed by atoms with van der Waals surface area (Å²) in [6.45, 7) is 8.68. The number of aromatic nitrogens is 5. The number of carbonyl (C=O) groups is 1. The van der Waals surface area contributed by atoms with Gasteiger partial charge in [-0.2, -0.15) is 15.2 Å². The molecule has 15 nitrogen and oxygen atoms in total. The second-order valence-electron chi connectivity index (χ2n) is 9.83. The smallest absolute Gasteiger partial charge is 0.330 e. The number of nitrogens with one attached hydrogen (secondary N) is 3. The highest BCUT2D eigenvalue weighted by Crippen LogP contribution is 2.35. The quantitative estimate of drug-likeness (QED) is 0.0613. The third-order valence-corrected chi connectivity index (χ3v) is 7.08. The first-order valence-corrected chi connectivity index (χ1v) is 14.9. The average molecular weight is 634 g/mol. The van der Waals surface area contributed by atoms with Crippen LogP contribution in [0.5, 0.6) is 0 Å². The first-order valence-electron chi connectivity index (χ1n) is 14.1. The molecule has 0 aliphatic heterocycles. The number of rotatable bonds is 17. The highest BCUT2D eigenvalue weighted by atomic mass is 32.1. The second kappa shape index (κ2) is 16.2. The minimum atomic E-state index is -0.529. The highest BCUT2D eigenvalue weighted by Gasteiger charge is 2.19. The minimum Gasteiger partial charge on any atom is -0.460 e. The van der Waals surface area contributed by atoms with E-state index in [0.717, 1.165) is 16.3 Å². The second-order valence-corrected chi connectivity index (χ2v) is 10.8. The van der Waals surface area contributed by atoms with Gasteiger partial charge in [0, 0.05) is 39.5 Å². The molecular weight excluding hydrogens is 598 g/mol. The molecule has 4 aromatic rings. The van der Waals surface area contributed by atoms with E-state index in [0.29, 0.717) is 48.6 Å². The van der Waals surface area contributed by atoms with Crippen molar-refractivity contribution >= 4 is 56.6 Å². The van der Waals surface area contributed by atoms with Crippen LogP contribution in [-0.4, -0.2) is 83.4 Å². The standard InChI is InChI=1S/C29H35N11O4S/c1-6-23(41)44-17-19(3)33-28-35-26(31-12-9-13-42-4)24(27(36-28)32-18(2)16-43-5)37-38-25-20(14-30)15-40(39-25)29-34-21-10-7-8-11-22(21)45-29/h6-8,10-11,15,18-19H,1,9,12-13,16-17H2,2-5H3,(H3,31,32,33,35,36). The fourth-order valence-corrected chi connectivity index (χ4v) is 4.88. The Morgan fingerprint density at radius 1 is 1.11 bits per heavy atom. The van der Waals surface area contributed by atoms with Crippen molar-refractivity contribution in [2.45, 2.75) is 32.4 Å². The number of thiazole rings is 1. The number of hydrogen-bond donors (Lipinski definition) is 3. The number of anilines is 3. The lowest BCUT2D eigenvalue weighted by atomic mass is 10.3. The van der Waals surface area contributed by atoms with Gasteiger partial charge >= 0.3 is 5.97 Å². The number of esters is 1. The maximum atomic E-state index is 11.5. The molecule has 2 unspecified atom stereocenters. The van der Waals surface area contributed by atoms with Crippen LogP contribution in [0.25, 0.3) is 15.3 Å². The monoisotopic (exact) mass is 633 g/mol. The van der Waals surface area contributed by atoms with Gasteiger partial charge in [0.1, 0.15) is 18.2 Å². The lowest BCUT2D eigenvalue weighted by Crippen LogP contribution is -2.26. The summed E-state index contributed by atoms with van der Waals surface area (Å²) in [6.07, 6.45) is 3.37. The summed E-state index contributed by atoms with van der Waals surface area (Å²) >= 11 is 1.45. The van der Waals surface area contributed by atoms with Gasteiger partial charge in [-0.15, -0.1) is 15.3 Å². The largest absolute Gasteiger partial charge is 0.460 e. The fraction of sp³-hybridized carbons (Fsp3) is 0.379. The number of hydrogen-bond acceptors (Lipinski definition) is 15. The van der Waals surface area contributed by atoms with Crippen molar-refractivity contribution in [2.24, 2.45) is 10.2 Å². The lowest BCUT2D eigenvalue weighted by molar-refractivity contribution is -0.137. The topological polar surface area (TPSA) is 186 Å². The molecule has 0 aliphatic rings. The van der Waals surface area contributed by atoms with E-state index in [4.69, 9.17) is 14.2 Å². The molecule has 0 fully saturated rings. The van der Waals surface area contributed by atoms with Gasteiger partial charge in [-0.1, -0.05) is 30.0 Å². The van der Waals surface area contributed by atoms with E-state index < -0.39 is 5.97 Å². The van der Waals surface area contributed by atoms with Crippen molar-refractivity contribution in [3.05, 3.63) is 48.7 Å². The van der Waals surface area contributed by atoms with Crippen LogP contribution >= 0.6 is 11.3 Å². The minimum absolute atomic E-state index is 0.0728. The Bertz CT molecular complexity index is 1650. The van der Waals surface area contributed by atoms with E-state index in [-0.39, 0.29) is 36.0 Å². The Balaban J connectivity index is 1.71. The predicted octanol–water partition coefficient (Wildman–Crippen LogP) is 4.98. The van der Waals surface area contributed by atoms with E-state index in [9.17, 15) is 10.1 Å². The molecule has 2 atom stereocenters. The molecule has 3 N–H and O–H groups in total. The molecule has 3 aromatic heterocycles. The van der Waals surface area contributed by atoms with E-state index >= 15 is 0 Å². The molecule has 0 saturated carbocycles. The molecule has 16 heteroatoms. The maximum Gasteiger partial charge on any atom is 0.330 e. The van der Waals surface area contributed by atoms with E-state index in [2.05, 4.69) is 58.9 Å². The van der Waals surface area contributed by atoms with Crippen LogP contribution < -0.4 is 16.0 Å². The van der Waals surface area contributed by atoms with Crippen molar-refractivity contribution in [1.82, 2.24) is 24.7 Å². The Hall–Kier alpha value is -4.98. The van der Waals surface area contributed by atoms with E-state index in [1.807, 2.05) is 38.1 Å². The van der Waals surface area contributed by atoms with Gasteiger partial charge in [0.15, 0.2) is 17.3 Å². The van der Waals surface area contributed by atoms with E-state index in [1.54, 1.807) is 20.4 Å². The summed E-state index contributed by atoms with van der Waals surface area (Å²) in [6, 6.07) is 9.39. The van der Waals surface area contributed by atoms with Crippen LogP contribution in [0, 0.1) is 11.3 Å². The zero-order chi connectivity index (χ0) is 32.2. The molecule has 236 valence electrons. The molecule has 4 rings (SSSR count). The number of benzene rings is 1. The van der Waals surface area contributed by atoms with Crippen molar-refractivity contribution in [1.29, 1.82) is 5.26 Å². The molecule has 0 radical (unpaired) electrons. The van der Waals surface area contributed by atoms with Crippen LogP contribution in [-0.2, 0) is 19.0 Å². The third kappa shape index (κ3) is 9.01. The van der Waals surface area contributed by atoms with Crippen molar-refractivity contribution in [2.75, 3.05) is 56.5 Å². The predicted molar refractivity (Wildman–Crippen MR) is 172 cm³/mol. The summed E-state index contributed by atoms with van der Waals surface area (Å²) in [5.74, 6) is 0.570. The van der Waals surface area contributed by atoms with Crippen LogP contribution in [0.1, 0.15) is 25.8 Å². The number of ether oxygens (including phenoxy) is 3. The molecule has 0 spiro atoms. The SMILES string of the molecule is C=CC(=O)OCC(C)Nc1nc(NCCCOC)c(N=Nc2nn(-c3nc4ccccc4s3)cc2C#N)c(NC(C)COC)n1. The summed E-state index contributed by atoms with van der Waals surface area (Å²) in [7, 11) is 3.23. The Morgan fingerprint density at radius 2 is 1.89 bits per heavy atom. The summed E-state index contributed by atoms with van der Waals surface area (Å²) in [4.78, 5) is 25.5. The first-order chi connectivity index (χ1) is 21.8. The summed E-state index contributed by atoms with van der Waals surface area (Å²) in [5, 5.41) is 33.5. The molecular formula is C29H35N11O4S. The normalized spacial score (nSPS) is 12.5. The average Bonchev–Trinajstić information content (AvgIpc) is 3.66. The lowest BCUT2D eigenvalue weighted by Gasteiger charge is -2.20. The van der Waals surface area contributed by atoms with Gasteiger partial charge in [-0.05, 0) is 32.4 Å². The van der Waals surface area contributed by atoms with Gasteiger partial charge in [0.05, 0.1) is 29.1 Å². The first kappa shape index (κ1) is 32.9. The Morgan fingerprint density at radius 3 is 2.62 bits per heavy atom.